The number of carbonyl (C=O) groups excluding carboxylic acids is 1. The Labute approximate surface area is 118 Å². The maximum atomic E-state index is 13.6. The van der Waals surface area contributed by atoms with E-state index in [0.29, 0.717) is 6.07 Å². The van der Waals surface area contributed by atoms with Gasteiger partial charge in [0.15, 0.2) is 11.6 Å². The normalized spacial score (nSPS) is 10.4. The van der Waals surface area contributed by atoms with Gasteiger partial charge in [-0.25, -0.2) is 13.2 Å². The summed E-state index contributed by atoms with van der Waals surface area (Å²) in [4.78, 5) is 11.0. The third-order valence-electron chi connectivity index (χ3n) is 2.86. The Morgan fingerprint density at radius 2 is 1.86 bits per heavy atom. The molecule has 4 nitrogen and oxygen atoms in total. The first-order valence-corrected chi connectivity index (χ1v) is 5.89. The molecule has 0 bridgehead atoms. The molecule has 0 aliphatic rings. The molecule has 21 heavy (non-hydrogen) atoms. The Hall–Kier alpha value is -2.70. The predicted molar refractivity (Wildman–Crippen MR) is 70.3 cm³/mol. The molecule has 0 radical (unpaired) electrons. The Balaban J connectivity index is 2.26. The molecule has 0 saturated heterocycles. The smallest absolute Gasteiger partial charge is 0.251 e. The first kappa shape index (κ1) is 14.7. The molecular formula is C14H11F3N2O2. The van der Waals surface area contributed by atoms with Crippen LogP contribution in [0.15, 0.2) is 30.3 Å². The fourth-order valence-corrected chi connectivity index (χ4v) is 1.77. The summed E-state index contributed by atoms with van der Waals surface area (Å²) in [7, 11) is 0. The first-order chi connectivity index (χ1) is 9.90. The summed E-state index contributed by atoms with van der Waals surface area (Å²) in [6.45, 7) is -0.121. The molecule has 2 aromatic carbocycles. The SMILES string of the molecule is NC(=O)c1cc(NCc2cccc(F)c2O)c(F)cc1F. The zero-order valence-electron chi connectivity index (χ0n) is 10.7. The van der Waals surface area contributed by atoms with Gasteiger partial charge in [0.25, 0.3) is 5.91 Å². The van der Waals surface area contributed by atoms with Crippen LogP contribution in [0.3, 0.4) is 0 Å². The monoisotopic (exact) mass is 296 g/mol. The van der Waals surface area contributed by atoms with E-state index in [2.05, 4.69) is 5.32 Å². The van der Waals surface area contributed by atoms with Crippen molar-refractivity contribution in [2.75, 3.05) is 5.32 Å². The van der Waals surface area contributed by atoms with Gasteiger partial charge in [0.05, 0.1) is 11.3 Å². The minimum absolute atomic E-state index is 0.121. The van der Waals surface area contributed by atoms with Crippen molar-refractivity contribution in [2.45, 2.75) is 6.54 Å². The molecule has 0 heterocycles. The molecule has 0 saturated carbocycles. The number of phenols is 1. The second kappa shape index (κ2) is 5.74. The van der Waals surface area contributed by atoms with Gasteiger partial charge in [-0.1, -0.05) is 12.1 Å². The van der Waals surface area contributed by atoms with Crippen molar-refractivity contribution in [3.63, 3.8) is 0 Å². The van der Waals surface area contributed by atoms with Crippen LogP contribution in [0.1, 0.15) is 15.9 Å². The number of nitrogens with one attached hydrogen (secondary N) is 1. The minimum atomic E-state index is -1.07. The quantitative estimate of drug-likeness (QED) is 0.811. The zero-order valence-corrected chi connectivity index (χ0v) is 10.7. The maximum absolute atomic E-state index is 13.6. The number of rotatable bonds is 4. The van der Waals surface area contributed by atoms with Gasteiger partial charge in [0.2, 0.25) is 0 Å². The molecule has 0 aliphatic carbocycles. The highest BCUT2D eigenvalue weighted by Crippen LogP contribution is 2.24. The molecule has 2 rings (SSSR count). The number of benzene rings is 2. The number of para-hydroxylation sites is 1. The minimum Gasteiger partial charge on any atom is -0.505 e. The number of halogens is 3. The van der Waals surface area contributed by atoms with E-state index in [9.17, 15) is 23.1 Å². The number of phenolic OH excluding ortho intramolecular Hbond substituents is 1. The average Bonchev–Trinajstić information content (AvgIpc) is 2.41. The zero-order chi connectivity index (χ0) is 15.6. The molecule has 0 aliphatic heterocycles. The maximum Gasteiger partial charge on any atom is 0.251 e. The van der Waals surface area contributed by atoms with Crippen LogP contribution in [0.2, 0.25) is 0 Å². The lowest BCUT2D eigenvalue weighted by molar-refractivity contribution is 0.0996. The van der Waals surface area contributed by atoms with Crippen molar-refractivity contribution in [2.24, 2.45) is 5.73 Å². The first-order valence-electron chi connectivity index (χ1n) is 5.89. The predicted octanol–water partition coefficient (Wildman–Crippen LogP) is 2.52. The van der Waals surface area contributed by atoms with Crippen molar-refractivity contribution in [3.8, 4) is 5.75 Å². The molecule has 2 aromatic rings. The number of aromatic hydroxyl groups is 1. The molecule has 0 fully saturated rings. The molecule has 4 N–H and O–H groups in total. The summed E-state index contributed by atoms with van der Waals surface area (Å²) >= 11 is 0. The van der Waals surface area contributed by atoms with Crippen LogP contribution in [0.5, 0.6) is 5.75 Å². The van der Waals surface area contributed by atoms with Crippen LogP contribution in [-0.4, -0.2) is 11.0 Å². The molecule has 0 unspecified atom stereocenters. The van der Waals surface area contributed by atoms with E-state index in [-0.39, 0.29) is 17.8 Å². The third-order valence-corrected chi connectivity index (χ3v) is 2.86. The van der Waals surface area contributed by atoms with E-state index in [0.717, 1.165) is 12.1 Å². The fraction of sp³-hybridized carbons (Fsp3) is 0.0714. The molecule has 110 valence electrons. The number of hydrogen-bond acceptors (Lipinski definition) is 3. The lowest BCUT2D eigenvalue weighted by Gasteiger charge is -2.11. The highest BCUT2D eigenvalue weighted by Gasteiger charge is 2.14. The fourth-order valence-electron chi connectivity index (χ4n) is 1.77. The average molecular weight is 296 g/mol. The summed E-state index contributed by atoms with van der Waals surface area (Å²) in [6.07, 6.45) is 0. The van der Waals surface area contributed by atoms with Crippen LogP contribution >= 0.6 is 0 Å². The van der Waals surface area contributed by atoms with Gasteiger partial charge in [-0.3, -0.25) is 4.79 Å². The summed E-state index contributed by atoms with van der Waals surface area (Å²) in [5.74, 6) is -4.42. The summed E-state index contributed by atoms with van der Waals surface area (Å²) in [6, 6.07) is 5.32. The van der Waals surface area contributed by atoms with Gasteiger partial charge in [0, 0.05) is 18.2 Å². The van der Waals surface area contributed by atoms with Crippen molar-refractivity contribution in [1.82, 2.24) is 0 Å². The van der Waals surface area contributed by atoms with Crippen LogP contribution in [0, 0.1) is 17.5 Å². The van der Waals surface area contributed by atoms with E-state index in [4.69, 9.17) is 5.73 Å². The molecule has 1 amide bonds. The second-order valence-corrected chi connectivity index (χ2v) is 4.28. The van der Waals surface area contributed by atoms with E-state index >= 15 is 0 Å². The molecular weight excluding hydrogens is 285 g/mol. The van der Waals surface area contributed by atoms with Gasteiger partial charge in [-0.15, -0.1) is 0 Å². The van der Waals surface area contributed by atoms with Crippen LogP contribution < -0.4 is 11.1 Å². The Bertz CT molecular complexity index is 705. The third kappa shape index (κ3) is 3.07. The topological polar surface area (TPSA) is 75.4 Å². The molecule has 0 aromatic heterocycles. The largest absolute Gasteiger partial charge is 0.505 e. The number of nitrogens with two attached hydrogens (primary N) is 1. The highest BCUT2D eigenvalue weighted by atomic mass is 19.1. The summed E-state index contributed by atoms with van der Waals surface area (Å²) < 4.78 is 40.0. The number of anilines is 1. The molecule has 0 spiro atoms. The van der Waals surface area contributed by atoms with Crippen molar-refractivity contribution in [3.05, 3.63) is 58.9 Å². The van der Waals surface area contributed by atoms with Gasteiger partial charge in [-0.05, 0) is 12.1 Å². The van der Waals surface area contributed by atoms with E-state index < -0.39 is 34.7 Å². The van der Waals surface area contributed by atoms with E-state index in [1.807, 2.05) is 0 Å². The van der Waals surface area contributed by atoms with Crippen molar-refractivity contribution < 1.29 is 23.1 Å². The van der Waals surface area contributed by atoms with Crippen molar-refractivity contribution in [1.29, 1.82) is 0 Å². The number of primary amides is 1. The lowest BCUT2D eigenvalue weighted by atomic mass is 10.1. The van der Waals surface area contributed by atoms with Crippen LogP contribution in [-0.2, 0) is 6.54 Å². The van der Waals surface area contributed by atoms with Gasteiger partial charge in [-0.2, -0.15) is 0 Å². The Kier molecular flexibility index (Phi) is 4.02. The van der Waals surface area contributed by atoms with Gasteiger partial charge >= 0.3 is 0 Å². The second-order valence-electron chi connectivity index (χ2n) is 4.28. The number of amides is 1. The summed E-state index contributed by atoms with van der Waals surface area (Å²) in [5.41, 5.74) is 4.49. The standard InChI is InChI=1S/C14H11F3N2O2/c15-9-3-1-2-7(13(9)20)6-19-12-4-8(14(18)21)10(16)5-11(12)17/h1-5,19-20H,6H2,(H2,18,21). The lowest BCUT2D eigenvalue weighted by Crippen LogP contribution is -2.14. The van der Waals surface area contributed by atoms with Gasteiger partial charge < -0.3 is 16.2 Å². The van der Waals surface area contributed by atoms with Crippen LogP contribution in [0.25, 0.3) is 0 Å². The van der Waals surface area contributed by atoms with Crippen LogP contribution in [0.4, 0.5) is 18.9 Å². The molecule has 7 heteroatoms. The summed E-state index contributed by atoms with van der Waals surface area (Å²) in [5, 5.41) is 12.0. The van der Waals surface area contributed by atoms with E-state index in [1.165, 1.54) is 12.1 Å². The highest BCUT2D eigenvalue weighted by molar-refractivity contribution is 5.94. The Morgan fingerprint density at radius 3 is 2.52 bits per heavy atom. The van der Waals surface area contributed by atoms with Gasteiger partial charge in [0.1, 0.15) is 11.6 Å². The van der Waals surface area contributed by atoms with E-state index in [1.54, 1.807) is 0 Å². The molecule has 0 atom stereocenters. The van der Waals surface area contributed by atoms with Crippen molar-refractivity contribution >= 4 is 11.6 Å². The Morgan fingerprint density at radius 1 is 1.14 bits per heavy atom. The number of carbonyl (C=O) groups is 1. The number of hydrogen-bond donors (Lipinski definition) is 3.